The van der Waals surface area contributed by atoms with E-state index in [1.807, 2.05) is 130 Å². The minimum absolute atomic E-state index is 0.279. The van der Waals surface area contributed by atoms with Crippen LogP contribution in [0, 0.1) is 6.92 Å². The Morgan fingerprint density at radius 3 is 1.54 bits per heavy atom. The number of nitrogens with zero attached hydrogens (tertiary/aromatic N) is 11. The van der Waals surface area contributed by atoms with Crippen molar-refractivity contribution in [2.24, 2.45) is 21.1 Å². The first kappa shape index (κ1) is 61.8. The van der Waals surface area contributed by atoms with Gasteiger partial charge in [-0.3, -0.25) is 23.8 Å². The Kier molecular flexibility index (Phi) is 18.1. The lowest BCUT2D eigenvalue weighted by atomic mass is 9.91. The summed E-state index contributed by atoms with van der Waals surface area (Å²) >= 11 is 23.0. The molecule has 2 unspecified atom stereocenters. The summed E-state index contributed by atoms with van der Waals surface area (Å²) in [6.45, 7) is 12.9. The summed E-state index contributed by atoms with van der Waals surface area (Å²) in [6.07, 6.45) is -9.68. The van der Waals surface area contributed by atoms with Gasteiger partial charge in [0.05, 0.1) is 32.4 Å². The second kappa shape index (κ2) is 24.3. The highest BCUT2D eigenvalue weighted by Gasteiger charge is 2.42. The molecule has 2 saturated heterocycles. The Labute approximate surface area is 503 Å². The maximum absolute atomic E-state index is 13.4. The van der Waals surface area contributed by atoms with Gasteiger partial charge >= 0.3 is 18.3 Å². The number of carboxylic acid groups (broad SMARTS) is 1. The van der Waals surface area contributed by atoms with Crippen molar-refractivity contribution < 1.29 is 41.0 Å². The SMILES string of the molecule is CC(N1CCN(c2nn(C)c3ccc(Cl)cc23)CC1)C(F)(F)F.Cc1cc2nc(-c3ccc4c(c3)c(N3CCN(C(C)C(F)(F)F)CC3)nn4C)sc2c(-c2ccc(Cl)cc2)c1[C@H](OC(C)(C)C)C(=O)O.Cn1nc(Br)c2cc(Cl)ccc21. The molecule has 0 bridgehead atoms. The summed E-state index contributed by atoms with van der Waals surface area (Å²) < 4.78 is 91.7. The number of carbonyl (C=O) groups is 1. The van der Waals surface area contributed by atoms with Crippen molar-refractivity contribution in [2.45, 2.75) is 77.7 Å². The third-order valence-corrected chi connectivity index (χ3v) is 17.4. The molecule has 9 aromatic rings. The van der Waals surface area contributed by atoms with Crippen LogP contribution in [0.3, 0.4) is 0 Å². The molecule has 1 N–H and O–H groups in total. The molecule has 6 heterocycles. The number of hydrogen-bond acceptors (Lipinski definition) is 11. The van der Waals surface area contributed by atoms with Crippen LogP contribution in [0.1, 0.15) is 51.8 Å². The van der Waals surface area contributed by atoms with Crippen LogP contribution in [0.2, 0.25) is 15.1 Å². The van der Waals surface area contributed by atoms with Gasteiger partial charge in [-0.05, 0) is 141 Å². The van der Waals surface area contributed by atoms with Gasteiger partial charge in [-0.25, -0.2) is 9.78 Å². The van der Waals surface area contributed by atoms with Crippen LogP contribution in [0.5, 0.6) is 0 Å². The van der Waals surface area contributed by atoms with Crippen molar-refractivity contribution >= 4 is 123 Å². The van der Waals surface area contributed by atoms with Gasteiger partial charge in [0.1, 0.15) is 21.7 Å². The van der Waals surface area contributed by atoms with Gasteiger partial charge in [0, 0.05) is 121 Å². The molecule has 14 nitrogen and oxygen atoms in total. The first-order valence-electron chi connectivity index (χ1n) is 26.6. The molecule has 0 aliphatic carbocycles. The number of aryl methyl sites for hydroxylation is 4. The molecule has 25 heteroatoms. The summed E-state index contributed by atoms with van der Waals surface area (Å²) in [4.78, 5) is 24.7. The molecule has 11 rings (SSSR count). The Bertz CT molecular complexity index is 3830. The number of anilines is 2. The predicted molar refractivity (Wildman–Crippen MR) is 323 cm³/mol. The fraction of sp³-hybridized carbons (Fsp3) is 0.397. The van der Waals surface area contributed by atoms with Crippen LogP contribution >= 0.6 is 62.1 Å². The molecule has 0 amide bonds. The molecule has 0 spiro atoms. The zero-order chi connectivity index (χ0) is 60.2. The van der Waals surface area contributed by atoms with Crippen molar-refractivity contribution in [3.05, 3.63) is 116 Å². The van der Waals surface area contributed by atoms with Gasteiger partial charge in [0.15, 0.2) is 17.7 Å². The second-order valence-corrected chi connectivity index (χ2v) is 24.7. The van der Waals surface area contributed by atoms with Crippen molar-refractivity contribution in [1.29, 1.82) is 0 Å². The Morgan fingerprint density at radius 2 is 1.06 bits per heavy atom. The van der Waals surface area contributed by atoms with E-state index in [1.54, 1.807) is 27.6 Å². The number of thiazole rings is 1. The molecular weight excluding hydrogens is 1230 g/mol. The highest BCUT2D eigenvalue weighted by molar-refractivity contribution is 9.10. The molecule has 3 atom stereocenters. The average Bonchev–Trinajstić information content (AvgIpc) is 4.17. The highest BCUT2D eigenvalue weighted by atomic mass is 79.9. The maximum atomic E-state index is 13.4. The number of ether oxygens (including phenoxy) is 1. The minimum atomic E-state index is -4.27. The molecule has 2 aliphatic heterocycles. The topological polar surface area (TPSA) is 126 Å². The predicted octanol–water partition coefficient (Wildman–Crippen LogP) is 14.8. The van der Waals surface area contributed by atoms with Crippen molar-refractivity contribution in [1.82, 2.24) is 44.1 Å². The zero-order valence-corrected chi connectivity index (χ0v) is 51.5. The quantitative estimate of drug-likeness (QED) is 0.139. The van der Waals surface area contributed by atoms with E-state index in [9.17, 15) is 36.2 Å². The van der Waals surface area contributed by atoms with Crippen LogP contribution in [-0.4, -0.2) is 138 Å². The van der Waals surface area contributed by atoms with Crippen LogP contribution < -0.4 is 9.80 Å². The zero-order valence-electron chi connectivity index (χ0n) is 46.8. The summed E-state index contributed by atoms with van der Waals surface area (Å²) in [6, 6.07) is 23.5. The minimum Gasteiger partial charge on any atom is -0.479 e. The van der Waals surface area contributed by atoms with Gasteiger partial charge in [-0.2, -0.15) is 41.6 Å². The first-order valence-corrected chi connectivity index (χ1v) is 29.3. The Balaban J connectivity index is 0.000000192. The number of benzene rings is 5. The largest absolute Gasteiger partial charge is 0.479 e. The van der Waals surface area contributed by atoms with E-state index in [0.717, 1.165) is 91.4 Å². The Morgan fingerprint density at radius 1 is 0.627 bits per heavy atom. The first-order chi connectivity index (χ1) is 39.0. The maximum Gasteiger partial charge on any atom is 0.403 e. The number of hydrogen-bond donors (Lipinski definition) is 1. The van der Waals surface area contributed by atoms with Crippen LogP contribution in [0.4, 0.5) is 38.0 Å². The standard InChI is InChI=1S/C35H37ClF3N5O3S.C15H18ClF3N4.C8H6BrClN2/c1-19-17-25-30(28(21-7-10-23(36)11-8-21)27(19)29(33(45)46)47-34(3,4)5)48-32(40-25)22-9-12-26-24(18-22)31(41-42(26)6)44-15-13-43(14-16-44)20(2)35(37,38)39;1-10(15(17,18)19)22-5-7-23(8-6-22)14-12-9-11(16)3-4-13(12)21(2)20-14;1-12-7-3-2-5(10)4-6(7)8(9)11-12/h7-12,17-18,20,29H,13-16H2,1-6H3,(H,45,46);3-4,9-10H,5-8H2,1-2H3;2-4H,1H3/t20?,29-;;/m0../s1. The third kappa shape index (κ3) is 13.5. The van der Waals surface area contributed by atoms with Crippen molar-refractivity contribution in [2.75, 3.05) is 62.2 Å². The lowest BCUT2D eigenvalue weighted by Crippen LogP contribution is -2.53. The summed E-state index contributed by atoms with van der Waals surface area (Å²) in [5.74, 6) is 0.415. The van der Waals surface area contributed by atoms with Crippen LogP contribution in [0.15, 0.2) is 89.5 Å². The smallest absolute Gasteiger partial charge is 0.403 e. The molecule has 0 saturated carbocycles. The fourth-order valence-electron chi connectivity index (χ4n) is 10.5. The van der Waals surface area contributed by atoms with E-state index in [0.29, 0.717) is 54.9 Å². The van der Waals surface area contributed by atoms with E-state index >= 15 is 0 Å². The lowest BCUT2D eigenvalue weighted by Gasteiger charge is -2.38. The van der Waals surface area contributed by atoms with Crippen LogP contribution in [-0.2, 0) is 30.7 Å². The molecular formula is C58H61BrCl3F6N11O3S. The van der Waals surface area contributed by atoms with E-state index in [4.69, 9.17) is 49.6 Å². The number of aliphatic carboxylic acids is 1. The summed E-state index contributed by atoms with van der Waals surface area (Å²) in [5.41, 5.74) is 6.61. The number of carboxylic acids is 1. The van der Waals surface area contributed by atoms with Gasteiger partial charge in [-0.15, -0.1) is 11.3 Å². The molecule has 442 valence electrons. The number of fused-ring (bicyclic) bond motifs is 4. The van der Waals surface area contributed by atoms with Gasteiger partial charge in [0.25, 0.3) is 0 Å². The summed E-state index contributed by atoms with van der Waals surface area (Å²) in [5, 5.41) is 29.4. The third-order valence-electron chi connectivity index (χ3n) is 14.9. The van der Waals surface area contributed by atoms with Crippen molar-refractivity contribution in [3.8, 4) is 21.7 Å². The second-order valence-electron chi connectivity index (χ2n) is 21.6. The van der Waals surface area contributed by atoms with Gasteiger partial charge < -0.3 is 19.6 Å². The van der Waals surface area contributed by atoms with E-state index < -0.39 is 42.1 Å². The molecule has 4 aromatic heterocycles. The lowest BCUT2D eigenvalue weighted by molar-refractivity contribution is -0.180. The van der Waals surface area contributed by atoms with Gasteiger partial charge in [-0.1, -0.05) is 46.9 Å². The normalized spacial score (nSPS) is 16.1. The number of aromatic nitrogens is 7. The number of rotatable bonds is 9. The number of alkyl halides is 6. The van der Waals surface area contributed by atoms with Crippen molar-refractivity contribution in [3.63, 3.8) is 0 Å². The molecule has 2 fully saturated rings. The average molecular weight is 1290 g/mol. The van der Waals surface area contributed by atoms with E-state index in [2.05, 4.69) is 26.1 Å². The molecule has 83 heavy (non-hydrogen) atoms. The molecule has 2 aliphatic rings. The van der Waals surface area contributed by atoms with Crippen LogP contribution in [0.25, 0.3) is 64.6 Å². The highest BCUT2D eigenvalue weighted by Crippen LogP contribution is 2.45. The summed E-state index contributed by atoms with van der Waals surface area (Å²) in [7, 11) is 5.61. The fourth-order valence-corrected chi connectivity index (χ4v) is 12.6. The van der Waals surface area contributed by atoms with E-state index in [1.165, 1.54) is 35.0 Å². The Hall–Kier alpha value is -5.72. The monoisotopic (exact) mass is 1290 g/mol. The number of piperazine rings is 2. The van der Waals surface area contributed by atoms with E-state index in [-0.39, 0.29) is 13.1 Å². The molecule has 5 aromatic carbocycles. The van der Waals surface area contributed by atoms with Gasteiger partial charge in [0.2, 0.25) is 0 Å². The molecule has 0 radical (unpaired) electrons. The number of halogens is 10.